The van der Waals surface area contributed by atoms with Crippen molar-refractivity contribution in [2.24, 2.45) is 4.99 Å². The predicted molar refractivity (Wildman–Crippen MR) is 96.8 cm³/mol. The maximum Gasteiger partial charge on any atom is 0.191 e. The maximum absolute atomic E-state index is 4.57. The molecule has 0 spiro atoms. The van der Waals surface area contributed by atoms with Gasteiger partial charge >= 0.3 is 0 Å². The number of pyridine rings is 1. The Labute approximate surface area is 138 Å². The van der Waals surface area contributed by atoms with Crippen molar-refractivity contribution in [3.8, 4) is 0 Å². The van der Waals surface area contributed by atoms with E-state index in [1.165, 1.54) is 5.69 Å². The fraction of sp³-hybridized carbons (Fsp3) is 0.333. The first-order chi connectivity index (χ1) is 11.3. The lowest BCUT2D eigenvalue weighted by Gasteiger charge is -2.20. The Kier molecular flexibility index (Phi) is 6.91. The summed E-state index contributed by atoms with van der Waals surface area (Å²) in [5.74, 6) is 0.819. The minimum absolute atomic E-state index is 0.574. The zero-order valence-electron chi connectivity index (χ0n) is 13.9. The van der Waals surface area contributed by atoms with Gasteiger partial charge in [-0.1, -0.05) is 24.3 Å². The molecule has 0 bridgehead atoms. The Balaban J connectivity index is 1.82. The van der Waals surface area contributed by atoms with Crippen LogP contribution in [0.3, 0.4) is 0 Å². The van der Waals surface area contributed by atoms with Crippen LogP contribution in [0.5, 0.6) is 0 Å². The zero-order chi connectivity index (χ0) is 16.3. The van der Waals surface area contributed by atoms with E-state index < -0.39 is 0 Å². The van der Waals surface area contributed by atoms with Crippen LogP contribution in [-0.2, 0) is 6.54 Å². The summed E-state index contributed by atoms with van der Waals surface area (Å²) in [6.45, 7) is 5.19. The van der Waals surface area contributed by atoms with Crippen molar-refractivity contribution in [1.82, 2.24) is 15.6 Å². The van der Waals surface area contributed by atoms with E-state index in [9.17, 15) is 0 Å². The van der Waals surface area contributed by atoms with Crippen LogP contribution >= 0.6 is 0 Å². The Bertz CT molecular complexity index is 583. The highest BCUT2D eigenvalue weighted by molar-refractivity contribution is 5.79. The third-order valence-corrected chi connectivity index (χ3v) is 3.41. The predicted octanol–water partition coefficient (Wildman–Crippen LogP) is 2.27. The highest BCUT2D eigenvalue weighted by Gasteiger charge is 2.01. The third kappa shape index (κ3) is 5.98. The van der Waals surface area contributed by atoms with E-state index in [1.807, 2.05) is 24.3 Å². The average molecular weight is 311 g/mol. The Morgan fingerprint density at radius 2 is 1.87 bits per heavy atom. The topological polar surface area (TPSA) is 52.6 Å². The summed E-state index contributed by atoms with van der Waals surface area (Å²) in [5.41, 5.74) is 2.18. The number of anilines is 1. The van der Waals surface area contributed by atoms with Crippen LogP contribution in [0.1, 0.15) is 12.6 Å². The molecular formula is C18H25N5. The molecule has 0 atom stereocenters. The fourth-order valence-electron chi connectivity index (χ4n) is 2.15. The molecule has 0 saturated heterocycles. The van der Waals surface area contributed by atoms with Gasteiger partial charge in [0, 0.05) is 38.6 Å². The van der Waals surface area contributed by atoms with Gasteiger partial charge in [-0.3, -0.25) is 4.98 Å². The highest BCUT2D eigenvalue weighted by atomic mass is 15.2. The van der Waals surface area contributed by atoms with Crippen molar-refractivity contribution in [2.75, 3.05) is 31.6 Å². The molecule has 1 aromatic heterocycles. The van der Waals surface area contributed by atoms with Gasteiger partial charge in [-0.25, -0.2) is 4.99 Å². The molecule has 5 heteroatoms. The largest absolute Gasteiger partial charge is 0.373 e. The average Bonchev–Trinajstić information content (AvgIpc) is 2.61. The lowest BCUT2D eigenvalue weighted by Crippen LogP contribution is -2.41. The number of aliphatic imine (C=N–C) groups is 1. The molecule has 2 rings (SSSR count). The fourth-order valence-corrected chi connectivity index (χ4v) is 2.15. The van der Waals surface area contributed by atoms with Crippen molar-refractivity contribution in [3.05, 3.63) is 60.4 Å². The van der Waals surface area contributed by atoms with E-state index in [2.05, 4.69) is 63.7 Å². The molecule has 0 aliphatic carbocycles. The number of aromatic nitrogens is 1. The molecule has 0 radical (unpaired) electrons. The van der Waals surface area contributed by atoms with E-state index in [1.54, 1.807) is 6.20 Å². The van der Waals surface area contributed by atoms with Gasteiger partial charge in [0.1, 0.15) is 0 Å². The number of likely N-dealkylation sites (N-methyl/N-ethyl adjacent to an activating group) is 1. The Morgan fingerprint density at radius 3 is 2.57 bits per heavy atom. The van der Waals surface area contributed by atoms with Crippen molar-refractivity contribution in [3.63, 3.8) is 0 Å². The summed E-state index contributed by atoms with van der Waals surface area (Å²) in [6, 6.07) is 16.2. The number of hydrogen-bond acceptors (Lipinski definition) is 3. The molecule has 2 N–H and O–H groups in total. The SMILES string of the molecule is CCNC(=NCc1ccccn1)NCCN(C)c1ccccc1. The van der Waals surface area contributed by atoms with E-state index in [4.69, 9.17) is 0 Å². The molecular weight excluding hydrogens is 286 g/mol. The minimum Gasteiger partial charge on any atom is -0.373 e. The van der Waals surface area contributed by atoms with Crippen LogP contribution in [0, 0.1) is 0 Å². The number of rotatable bonds is 7. The molecule has 2 aromatic rings. The standard InChI is InChI=1S/C18H25N5/c1-3-19-18(22-15-16-9-7-8-12-20-16)21-13-14-23(2)17-10-5-4-6-11-17/h4-12H,3,13-15H2,1-2H3,(H2,19,21,22). The van der Waals surface area contributed by atoms with Crippen molar-refractivity contribution < 1.29 is 0 Å². The number of benzene rings is 1. The van der Waals surface area contributed by atoms with Crippen molar-refractivity contribution >= 4 is 11.6 Å². The van der Waals surface area contributed by atoms with Gasteiger partial charge in [-0.05, 0) is 31.2 Å². The Morgan fingerprint density at radius 1 is 1.09 bits per heavy atom. The number of guanidine groups is 1. The van der Waals surface area contributed by atoms with Gasteiger partial charge in [0.2, 0.25) is 0 Å². The number of para-hydroxylation sites is 1. The molecule has 0 fully saturated rings. The van der Waals surface area contributed by atoms with Crippen molar-refractivity contribution in [1.29, 1.82) is 0 Å². The molecule has 1 aromatic carbocycles. The van der Waals surface area contributed by atoms with Crippen molar-refractivity contribution in [2.45, 2.75) is 13.5 Å². The maximum atomic E-state index is 4.57. The molecule has 122 valence electrons. The smallest absolute Gasteiger partial charge is 0.191 e. The van der Waals surface area contributed by atoms with Gasteiger partial charge in [0.15, 0.2) is 5.96 Å². The second kappa shape index (κ2) is 9.46. The second-order valence-corrected chi connectivity index (χ2v) is 5.20. The van der Waals surface area contributed by atoms with Gasteiger partial charge in [0.25, 0.3) is 0 Å². The van der Waals surface area contributed by atoms with Crippen LogP contribution in [0.25, 0.3) is 0 Å². The number of hydrogen-bond donors (Lipinski definition) is 2. The lowest BCUT2D eigenvalue weighted by molar-refractivity contribution is 0.778. The number of nitrogens with zero attached hydrogens (tertiary/aromatic N) is 3. The summed E-state index contributed by atoms with van der Waals surface area (Å²) in [7, 11) is 2.09. The summed E-state index contributed by atoms with van der Waals surface area (Å²) >= 11 is 0. The van der Waals surface area contributed by atoms with Crippen LogP contribution in [0.4, 0.5) is 5.69 Å². The van der Waals surface area contributed by atoms with Gasteiger partial charge in [0.05, 0.1) is 12.2 Å². The molecule has 0 amide bonds. The summed E-state index contributed by atoms with van der Waals surface area (Å²) < 4.78 is 0. The van der Waals surface area contributed by atoms with E-state index >= 15 is 0 Å². The molecule has 0 unspecified atom stereocenters. The normalized spacial score (nSPS) is 11.1. The van der Waals surface area contributed by atoms with Crippen LogP contribution in [0.15, 0.2) is 59.7 Å². The highest BCUT2D eigenvalue weighted by Crippen LogP contribution is 2.09. The summed E-state index contributed by atoms with van der Waals surface area (Å²) in [4.78, 5) is 11.1. The van der Waals surface area contributed by atoms with E-state index in [0.29, 0.717) is 6.54 Å². The second-order valence-electron chi connectivity index (χ2n) is 5.20. The zero-order valence-corrected chi connectivity index (χ0v) is 13.9. The minimum atomic E-state index is 0.574. The molecule has 0 saturated carbocycles. The third-order valence-electron chi connectivity index (χ3n) is 3.41. The molecule has 0 aliphatic rings. The molecule has 1 heterocycles. The summed E-state index contributed by atoms with van der Waals surface area (Å²) in [6.07, 6.45) is 1.79. The molecule has 23 heavy (non-hydrogen) atoms. The van der Waals surface area contributed by atoms with Gasteiger partial charge < -0.3 is 15.5 Å². The van der Waals surface area contributed by atoms with E-state index in [0.717, 1.165) is 31.3 Å². The first kappa shape index (κ1) is 16.8. The van der Waals surface area contributed by atoms with Crippen LogP contribution < -0.4 is 15.5 Å². The first-order valence-electron chi connectivity index (χ1n) is 7.98. The quantitative estimate of drug-likeness (QED) is 0.608. The van der Waals surface area contributed by atoms with Crippen LogP contribution in [0.2, 0.25) is 0 Å². The first-order valence-corrected chi connectivity index (χ1v) is 7.98. The molecule has 0 aliphatic heterocycles. The van der Waals surface area contributed by atoms with E-state index in [-0.39, 0.29) is 0 Å². The summed E-state index contributed by atoms with van der Waals surface area (Å²) in [5, 5.41) is 6.62. The monoisotopic (exact) mass is 311 g/mol. The van der Waals surface area contributed by atoms with Gasteiger partial charge in [-0.2, -0.15) is 0 Å². The molecule has 5 nitrogen and oxygen atoms in total. The lowest BCUT2D eigenvalue weighted by atomic mass is 10.3. The number of nitrogens with one attached hydrogen (secondary N) is 2. The van der Waals surface area contributed by atoms with Crippen LogP contribution in [-0.4, -0.2) is 37.6 Å². The van der Waals surface area contributed by atoms with Gasteiger partial charge in [-0.15, -0.1) is 0 Å². The Hall–Kier alpha value is -2.56.